The molecule has 1 saturated heterocycles. The molecule has 11 heteroatoms. The number of likely N-dealkylation sites (N-methyl/N-ethyl adjacent to an activating group) is 1. The van der Waals surface area contributed by atoms with Gasteiger partial charge < -0.3 is 20.1 Å². The van der Waals surface area contributed by atoms with Crippen molar-refractivity contribution in [2.24, 2.45) is 0 Å². The molecular formula is C26H28N10O. The van der Waals surface area contributed by atoms with E-state index in [0.29, 0.717) is 29.4 Å². The van der Waals surface area contributed by atoms with Crippen molar-refractivity contribution >= 4 is 39.5 Å². The van der Waals surface area contributed by atoms with Crippen LogP contribution >= 0.6 is 0 Å². The summed E-state index contributed by atoms with van der Waals surface area (Å²) in [4.78, 5) is 38.0. The lowest BCUT2D eigenvalue weighted by molar-refractivity contribution is -0.116. The lowest BCUT2D eigenvalue weighted by atomic mass is 10.1. The maximum Gasteiger partial charge on any atom is 0.238 e. The van der Waals surface area contributed by atoms with Gasteiger partial charge in [-0.1, -0.05) is 0 Å². The number of H-pyrrole nitrogens is 2. The zero-order valence-corrected chi connectivity index (χ0v) is 20.8. The molecule has 1 aliphatic rings. The number of anilines is 2. The third kappa shape index (κ3) is 4.60. The number of aromatic nitrogens is 7. The summed E-state index contributed by atoms with van der Waals surface area (Å²) in [5.41, 5.74) is 6.39. The Hall–Kier alpha value is -4.38. The predicted molar refractivity (Wildman–Crippen MR) is 143 cm³/mol. The normalized spacial score (nSPS) is 14.1. The van der Waals surface area contributed by atoms with Crippen LogP contribution in [0.25, 0.3) is 44.8 Å². The number of aromatic amines is 2. The summed E-state index contributed by atoms with van der Waals surface area (Å²) in [7, 11) is 3.70. The second kappa shape index (κ2) is 9.58. The molecule has 1 amide bonds. The molecule has 6 rings (SSSR count). The Morgan fingerprint density at radius 2 is 1.89 bits per heavy atom. The summed E-state index contributed by atoms with van der Waals surface area (Å²) in [5, 5.41) is 11.2. The highest BCUT2D eigenvalue weighted by molar-refractivity contribution is 5.96. The van der Waals surface area contributed by atoms with Crippen LogP contribution in [0.3, 0.4) is 0 Å². The number of hydrogen-bond donors (Lipinski definition) is 3. The largest absolute Gasteiger partial charge is 0.370 e. The van der Waals surface area contributed by atoms with Crippen LogP contribution in [-0.2, 0) is 4.79 Å². The number of fused-ring (bicyclic) bond motifs is 2. The highest BCUT2D eigenvalue weighted by Crippen LogP contribution is 2.32. The Morgan fingerprint density at radius 3 is 2.73 bits per heavy atom. The van der Waals surface area contributed by atoms with Gasteiger partial charge in [-0.2, -0.15) is 5.10 Å². The van der Waals surface area contributed by atoms with E-state index in [2.05, 4.69) is 46.4 Å². The number of nitrogens with zero attached hydrogens (tertiary/aromatic N) is 7. The van der Waals surface area contributed by atoms with Crippen LogP contribution in [0.4, 0.5) is 11.4 Å². The van der Waals surface area contributed by atoms with Crippen LogP contribution in [-0.4, -0.2) is 79.7 Å². The number of piperidine rings is 1. The van der Waals surface area contributed by atoms with Gasteiger partial charge in [-0.15, -0.1) is 0 Å². The van der Waals surface area contributed by atoms with Gasteiger partial charge in [-0.05, 0) is 51.6 Å². The third-order valence-electron chi connectivity index (χ3n) is 6.53. The van der Waals surface area contributed by atoms with Crippen molar-refractivity contribution in [2.75, 3.05) is 43.9 Å². The number of nitrogens with one attached hydrogen (secondary N) is 3. The van der Waals surface area contributed by atoms with Gasteiger partial charge in [-0.25, -0.2) is 15.0 Å². The second-order valence-corrected chi connectivity index (χ2v) is 9.60. The van der Waals surface area contributed by atoms with Crippen LogP contribution in [0.1, 0.15) is 19.3 Å². The van der Waals surface area contributed by atoms with Crippen LogP contribution in [0.15, 0.2) is 43.0 Å². The van der Waals surface area contributed by atoms with Crippen LogP contribution in [0.5, 0.6) is 0 Å². The number of rotatable bonds is 6. The van der Waals surface area contributed by atoms with Gasteiger partial charge in [0.1, 0.15) is 11.2 Å². The highest BCUT2D eigenvalue weighted by Gasteiger charge is 2.19. The summed E-state index contributed by atoms with van der Waals surface area (Å²) in [6, 6.07) is 5.95. The number of carbonyl (C=O) groups excluding carboxylic acids is 1. The summed E-state index contributed by atoms with van der Waals surface area (Å²) >= 11 is 0. The number of carbonyl (C=O) groups is 1. The van der Waals surface area contributed by atoms with E-state index in [4.69, 9.17) is 4.98 Å². The number of hydrogen-bond acceptors (Lipinski definition) is 8. The van der Waals surface area contributed by atoms with E-state index in [0.717, 1.165) is 46.5 Å². The molecule has 0 atom stereocenters. The standard InChI is InChI=1S/C26H28N10O/c1-35(2)15-21(37)30-18-10-16(12-27-14-18)17-11-19-22(33-34-24(19)29-13-17)26-31-23-20(6-7-28-25(23)32-26)36-8-4-3-5-9-36/h6-7,10-14H,3-5,8-9,15H2,1-2H3,(H,30,37)(H,28,31,32)(H,29,33,34). The Kier molecular flexibility index (Phi) is 5.97. The van der Waals surface area contributed by atoms with E-state index >= 15 is 0 Å². The van der Waals surface area contributed by atoms with E-state index in [9.17, 15) is 4.79 Å². The molecule has 0 bridgehead atoms. The van der Waals surface area contributed by atoms with Crippen molar-refractivity contribution < 1.29 is 4.79 Å². The van der Waals surface area contributed by atoms with Crippen molar-refractivity contribution in [1.82, 2.24) is 40.0 Å². The molecule has 5 aromatic rings. The van der Waals surface area contributed by atoms with Crippen molar-refractivity contribution in [3.8, 4) is 22.6 Å². The Balaban J connectivity index is 1.35. The van der Waals surface area contributed by atoms with Crippen molar-refractivity contribution in [3.63, 3.8) is 0 Å². The van der Waals surface area contributed by atoms with E-state index in [1.807, 2.05) is 37.3 Å². The van der Waals surface area contributed by atoms with Gasteiger partial charge in [0.2, 0.25) is 5.91 Å². The minimum atomic E-state index is -0.0999. The minimum absolute atomic E-state index is 0.0999. The Bertz CT molecular complexity index is 1580. The van der Waals surface area contributed by atoms with Gasteiger partial charge >= 0.3 is 0 Å². The van der Waals surface area contributed by atoms with Crippen molar-refractivity contribution in [2.45, 2.75) is 19.3 Å². The van der Waals surface area contributed by atoms with Crippen LogP contribution < -0.4 is 10.2 Å². The Morgan fingerprint density at radius 1 is 1.05 bits per heavy atom. The molecule has 6 heterocycles. The second-order valence-electron chi connectivity index (χ2n) is 9.60. The highest BCUT2D eigenvalue weighted by atomic mass is 16.2. The lowest BCUT2D eigenvalue weighted by Crippen LogP contribution is -2.29. The van der Waals surface area contributed by atoms with Gasteiger partial charge in [0.05, 0.1) is 29.5 Å². The topological polar surface area (TPSA) is 132 Å². The summed E-state index contributed by atoms with van der Waals surface area (Å²) in [6.07, 6.45) is 10.6. The van der Waals surface area contributed by atoms with Crippen molar-refractivity contribution in [3.05, 3.63) is 43.0 Å². The molecule has 0 spiro atoms. The smallest absolute Gasteiger partial charge is 0.238 e. The first-order valence-corrected chi connectivity index (χ1v) is 12.4. The monoisotopic (exact) mass is 496 g/mol. The molecule has 188 valence electrons. The van der Waals surface area contributed by atoms with Crippen molar-refractivity contribution in [1.29, 1.82) is 0 Å². The van der Waals surface area contributed by atoms with Gasteiger partial charge in [0.25, 0.3) is 0 Å². The molecule has 11 nitrogen and oxygen atoms in total. The number of pyridine rings is 3. The summed E-state index contributed by atoms with van der Waals surface area (Å²) < 4.78 is 0. The van der Waals surface area contributed by atoms with E-state index < -0.39 is 0 Å². The molecule has 0 saturated carbocycles. The minimum Gasteiger partial charge on any atom is -0.370 e. The van der Waals surface area contributed by atoms with Gasteiger partial charge in [0, 0.05) is 42.8 Å². The first-order valence-electron chi connectivity index (χ1n) is 12.4. The fourth-order valence-corrected chi connectivity index (χ4v) is 4.81. The SMILES string of the molecule is CN(C)CC(=O)Nc1cncc(-c2cnc3n[nH]c(-c4nc5nccc(N6CCCCC6)c5[nH]4)c3c2)c1. The Labute approximate surface area is 213 Å². The van der Waals surface area contributed by atoms with E-state index in [1.54, 1.807) is 18.6 Å². The number of imidazole rings is 1. The molecule has 5 aromatic heterocycles. The van der Waals surface area contributed by atoms with E-state index in [1.165, 1.54) is 19.3 Å². The van der Waals surface area contributed by atoms with Gasteiger partial charge in [0.15, 0.2) is 17.1 Å². The lowest BCUT2D eigenvalue weighted by Gasteiger charge is -2.28. The summed E-state index contributed by atoms with van der Waals surface area (Å²) in [5.74, 6) is 0.563. The van der Waals surface area contributed by atoms with Gasteiger partial charge in [-0.3, -0.25) is 14.9 Å². The molecule has 1 aliphatic heterocycles. The average Bonchev–Trinajstić information content (AvgIpc) is 3.52. The molecular weight excluding hydrogens is 468 g/mol. The quantitative estimate of drug-likeness (QED) is 0.326. The van der Waals surface area contributed by atoms with Crippen LogP contribution in [0.2, 0.25) is 0 Å². The van der Waals surface area contributed by atoms with Crippen LogP contribution in [0, 0.1) is 0 Å². The molecule has 37 heavy (non-hydrogen) atoms. The molecule has 3 N–H and O–H groups in total. The predicted octanol–water partition coefficient (Wildman–Crippen LogP) is 3.45. The fraction of sp³-hybridized carbons (Fsp3) is 0.308. The first-order chi connectivity index (χ1) is 18.0. The molecule has 0 aromatic carbocycles. The zero-order valence-electron chi connectivity index (χ0n) is 20.8. The third-order valence-corrected chi connectivity index (χ3v) is 6.53. The number of amides is 1. The van der Waals surface area contributed by atoms with E-state index in [-0.39, 0.29) is 5.91 Å². The maximum atomic E-state index is 12.2. The molecule has 0 aliphatic carbocycles. The first kappa shape index (κ1) is 23.0. The molecule has 0 unspecified atom stereocenters. The summed E-state index contributed by atoms with van der Waals surface area (Å²) in [6.45, 7) is 2.37. The molecule has 0 radical (unpaired) electrons. The fourth-order valence-electron chi connectivity index (χ4n) is 4.81. The average molecular weight is 497 g/mol. The zero-order chi connectivity index (χ0) is 25.4. The molecule has 1 fully saturated rings. The maximum absolute atomic E-state index is 12.2.